The summed E-state index contributed by atoms with van der Waals surface area (Å²) < 4.78 is 10.5. The van der Waals surface area contributed by atoms with Gasteiger partial charge in [-0.15, -0.1) is 0 Å². The van der Waals surface area contributed by atoms with Gasteiger partial charge in [-0.1, -0.05) is 20.3 Å². The first-order chi connectivity index (χ1) is 9.31. The number of nitrogens with one attached hydrogen (secondary N) is 1. The number of likely N-dealkylation sites (tertiary alicyclic amines) is 1. The largest absolute Gasteiger partial charge is 0.382 e. The van der Waals surface area contributed by atoms with Crippen molar-refractivity contribution in [2.24, 2.45) is 5.92 Å². The van der Waals surface area contributed by atoms with Crippen LogP contribution in [0.4, 0.5) is 0 Å². The van der Waals surface area contributed by atoms with Gasteiger partial charge >= 0.3 is 0 Å². The molecule has 1 saturated heterocycles. The van der Waals surface area contributed by atoms with Gasteiger partial charge in [0.05, 0.1) is 19.8 Å². The van der Waals surface area contributed by atoms with Crippen LogP contribution in [0.3, 0.4) is 0 Å². The maximum atomic E-state index is 5.56. The normalized spacial score (nSPS) is 24.8. The van der Waals surface area contributed by atoms with Crippen molar-refractivity contribution >= 4 is 0 Å². The van der Waals surface area contributed by atoms with Crippen molar-refractivity contribution in [3.05, 3.63) is 0 Å². The predicted octanol–water partition coefficient (Wildman–Crippen LogP) is 1.75. The van der Waals surface area contributed by atoms with Gasteiger partial charge in [-0.05, 0) is 31.8 Å². The summed E-state index contributed by atoms with van der Waals surface area (Å²) in [5.41, 5.74) is 0. The Morgan fingerprint density at radius 1 is 1.21 bits per heavy atom. The first-order valence-electron chi connectivity index (χ1n) is 7.84. The van der Waals surface area contributed by atoms with Crippen molar-refractivity contribution in [1.82, 2.24) is 10.2 Å². The van der Waals surface area contributed by atoms with Crippen LogP contribution >= 0.6 is 0 Å². The smallest absolute Gasteiger partial charge is 0.0700 e. The molecular formula is C15H32N2O2. The molecule has 1 fully saturated rings. The third-order valence-electron chi connectivity index (χ3n) is 3.98. The first kappa shape index (κ1) is 16.9. The Bertz CT molecular complexity index is 212. The Morgan fingerprint density at radius 3 is 2.74 bits per heavy atom. The van der Waals surface area contributed by atoms with E-state index in [1.54, 1.807) is 7.11 Å². The molecule has 0 bridgehead atoms. The number of rotatable bonds is 10. The maximum Gasteiger partial charge on any atom is 0.0700 e. The monoisotopic (exact) mass is 272 g/mol. The second-order valence-corrected chi connectivity index (χ2v) is 5.42. The van der Waals surface area contributed by atoms with E-state index in [0.717, 1.165) is 31.7 Å². The third-order valence-corrected chi connectivity index (χ3v) is 3.98. The molecule has 0 amide bonds. The van der Waals surface area contributed by atoms with Crippen molar-refractivity contribution in [1.29, 1.82) is 0 Å². The summed E-state index contributed by atoms with van der Waals surface area (Å²) in [6.07, 6.45) is 3.77. The molecule has 1 aliphatic rings. The zero-order valence-electron chi connectivity index (χ0n) is 13.0. The molecule has 2 unspecified atom stereocenters. The number of piperidine rings is 1. The second-order valence-electron chi connectivity index (χ2n) is 5.42. The van der Waals surface area contributed by atoms with Gasteiger partial charge < -0.3 is 19.7 Å². The summed E-state index contributed by atoms with van der Waals surface area (Å²) in [5, 5.41) is 3.70. The van der Waals surface area contributed by atoms with Gasteiger partial charge in [-0.25, -0.2) is 0 Å². The van der Waals surface area contributed by atoms with E-state index in [4.69, 9.17) is 9.47 Å². The van der Waals surface area contributed by atoms with E-state index >= 15 is 0 Å². The predicted molar refractivity (Wildman–Crippen MR) is 79.6 cm³/mol. The fraction of sp³-hybridized carbons (Fsp3) is 1.00. The Labute approximate surface area is 118 Å². The van der Waals surface area contributed by atoms with Gasteiger partial charge in [-0.2, -0.15) is 0 Å². The first-order valence-corrected chi connectivity index (χ1v) is 7.84. The highest BCUT2D eigenvalue weighted by molar-refractivity contribution is 4.84. The summed E-state index contributed by atoms with van der Waals surface area (Å²) in [5.74, 6) is 0.791. The third kappa shape index (κ3) is 6.70. The SMILES string of the molecule is CCCNC1CCN(CCOCCOC)CC1CC. The number of hydrogen-bond acceptors (Lipinski definition) is 4. The van der Waals surface area contributed by atoms with E-state index in [1.807, 2.05) is 0 Å². The molecule has 0 saturated carbocycles. The van der Waals surface area contributed by atoms with E-state index in [1.165, 1.54) is 32.4 Å². The van der Waals surface area contributed by atoms with E-state index in [9.17, 15) is 0 Å². The molecule has 4 nitrogen and oxygen atoms in total. The minimum absolute atomic E-state index is 0.695. The summed E-state index contributed by atoms with van der Waals surface area (Å²) in [4.78, 5) is 2.55. The van der Waals surface area contributed by atoms with Crippen LogP contribution in [0, 0.1) is 5.92 Å². The molecule has 2 atom stereocenters. The van der Waals surface area contributed by atoms with Gasteiger partial charge in [0.15, 0.2) is 0 Å². The molecule has 1 rings (SSSR count). The molecule has 0 aromatic carbocycles. The summed E-state index contributed by atoms with van der Waals surface area (Å²) in [6, 6.07) is 0.718. The van der Waals surface area contributed by atoms with Crippen LogP contribution in [0.15, 0.2) is 0 Å². The molecule has 19 heavy (non-hydrogen) atoms. The average molecular weight is 272 g/mol. The molecule has 0 spiro atoms. The molecule has 114 valence electrons. The topological polar surface area (TPSA) is 33.7 Å². The zero-order valence-corrected chi connectivity index (χ0v) is 13.0. The number of ether oxygens (including phenoxy) is 2. The van der Waals surface area contributed by atoms with Gasteiger partial charge in [0, 0.05) is 26.2 Å². The maximum absolute atomic E-state index is 5.56. The second kappa shape index (κ2) is 10.6. The van der Waals surface area contributed by atoms with Crippen molar-refractivity contribution in [3.63, 3.8) is 0 Å². The summed E-state index contributed by atoms with van der Waals surface area (Å²) >= 11 is 0. The molecule has 1 aliphatic heterocycles. The lowest BCUT2D eigenvalue weighted by Gasteiger charge is -2.38. The average Bonchev–Trinajstić information content (AvgIpc) is 2.45. The molecule has 1 N–H and O–H groups in total. The lowest BCUT2D eigenvalue weighted by Crippen LogP contribution is -2.50. The Kier molecular flexibility index (Phi) is 9.43. The van der Waals surface area contributed by atoms with Crippen molar-refractivity contribution in [2.45, 2.75) is 39.2 Å². The number of hydrogen-bond donors (Lipinski definition) is 1. The number of methoxy groups -OCH3 is 1. The molecule has 0 aromatic heterocycles. The van der Waals surface area contributed by atoms with Crippen molar-refractivity contribution in [3.8, 4) is 0 Å². The highest BCUT2D eigenvalue weighted by Crippen LogP contribution is 2.20. The minimum atomic E-state index is 0.695. The lowest BCUT2D eigenvalue weighted by atomic mass is 9.90. The van der Waals surface area contributed by atoms with Crippen molar-refractivity contribution in [2.75, 3.05) is 53.1 Å². The highest BCUT2D eigenvalue weighted by Gasteiger charge is 2.26. The quantitative estimate of drug-likeness (QED) is 0.614. The highest BCUT2D eigenvalue weighted by atomic mass is 16.5. The van der Waals surface area contributed by atoms with E-state index in [2.05, 4.69) is 24.1 Å². The van der Waals surface area contributed by atoms with Crippen LogP contribution in [-0.2, 0) is 9.47 Å². The van der Waals surface area contributed by atoms with Crippen LogP contribution in [0.1, 0.15) is 33.1 Å². The Morgan fingerprint density at radius 2 is 2.05 bits per heavy atom. The molecule has 4 heteroatoms. The fourth-order valence-electron chi connectivity index (χ4n) is 2.76. The molecule has 0 radical (unpaired) electrons. The van der Waals surface area contributed by atoms with Crippen LogP contribution in [0.5, 0.6) is 0 Å². The van der Waals surface area contributed by atoms with Crippen LogP contribution in [-0.4, -0.2) is 64.1 Å². The van der Waals surface area contributed by atoms with Crippen LogP contribution in [0.2, 0.25) is 0 Å². The Hall–Kier alpha value is -0.160. The van der Waals surface area contributed by atoms with Crippen LogP contribution < -0.4 is 5.32 Å². The van der Waals surface area contributed by atoms with E-state index in [-0.39, 0.29) is 0 Å². The molecule has 0 aliphatic carbocycles. The fourth-order valence-corrected chi connectivity index (χ4v) is 2.76. The van der Waals surface area contributed by atoms with Gasteiger partial charge in [0.25, 0.3) is 0 Å². The molecule has 0 aromatic rings. The Balaban J connectivity index is 2.18. The van der Waals surface area contributed by atoms with Crippen LogP contribution in [0.25, 0.3) is 0 Å². The molecule has 1 heterocycles. The minimum Gasteiger partial charge on any atom is -0.382 e. The lowest BCUT2D eigenvalue weighted by molar-refractivity contribution is 0.0447. The standard InChI is InChI=1S/C15H32N2O2/c1-4-7-16-15-6-8-17(13-14(15)5-2)9-10-19-12-11-18-3/h14-16H,4-13H2,1-3H3. The molecular weight excluding hydrogens is 240 g/mol. The van der Waals surface area contributed by atoms with E-state index < -0.39 is 0 Å². The van der Waals surface area contributed by atoms with Gasteiger partial charge in [0.2, 0.25) is 0 Å². The van der Waals surface area contributed by atoms with E-state index in [0.29, 0.717) is 13.2 Å². The van der Waals surface area contributed by atoms with Crippen molar-refractivity contribution < 1.29 is 9.47 Å². The summed E-state index contributed by atoms with van der Waals surface area (Å²) in [6.45, 7) is 11.4. The summed E-state index contributed by atoms with van der Waals surface area (Å²) in [7, 11) is 1.71. The zero-order chi connectivity index (χ0) is 13.9. The number of nitrogens with zero attached hydrogens (tertiary/aromatic N) is 1. The van der Waals surface area contributed by atoms with Gasteiger partial charge in [0.1, 0.15) is 0 Å². The van der Waals surface area contributed by atoms with Gasteiger partial charge in [-0.3, -0.25) is 0 Å².